The molecule has 0 aliphatic heterocycles. The minimum absolute atomic E-state index is 0.000137. The van der Waals surface area contributed by atoms with Gasteiger partial charge in [-0.15, -0.1) is 0 Å². The molecule has 0 aromatic heterocycles. The van der Waals surface area contributed by atoms with Crippen molar-refractivity contribution in [1.29, 1.82) is 0 Å². The molecule has 0 saturated heterocycles. The molecule has 0 amide bonds. The van der Waals surface area contributed by atoms with E-state index in [1.807, 2.05) is 12.1 Å². The summed E-state index contributed by atoms with van der Waals surface area (Å²) in [5.41, 5.74) is 0.824. The molecule has 1 aromatic rings. The van der Waals surface area contributed by atoms with Crippen LogP contribution in [-0.2, 0) is 0 Å². The van der Waals surface area contributed by atoms with Gasteiger partial charge in [0.2, 0.25) is 0 Å². The van der Waals surface area contributed by atoms with Gasteiger partial charge in [-0.25, -0.2) is 0 Å². The van der Waals surface area contributed by atoms with Crippen molar-refractivity contribution in [3.63, 3.8) is 0 Å². The Kier molecular flexibility index (Phi) is 4.80. The largest absolute Gasteiger partial charge is 0.387 e. The van der Waals surface area contributed by atoms with Gasteiger partial charge >= 0.3 is 0 Å². The highest BCUT2D eigenvalue weighted by Crippen LogP contribution is 2.26. The molecule has 4 heteroatoms. The van der Waals surface area contributed by atoms with Crippen molar-refractivity contribution in [2.45, 2.75) is 32.4 Å². The minimum atomic E-state index is -0.537. The summed E-state index contributed by atoms with van der Waals surface area (Å²) in [5, 5.41) is 13.8. The fourth-order valence-electron chi connectivity index (χ4n) is 1.24. The summed E-state index contributed by atoms with van der Waals surface area (Å²) in [6, 6.07) is 5.49. The first-order chi connectivity index (χ1) is 7.29. The molecular weight excluding hydrogens is 289 g/mol. The summed E-state index contributed by atoms with van der Waals surface area (Å²) >= 11 is 9.29. The molecule has 0 radical (unpaired) electrons. The zero-order valence-corrected chi connectivity index (χ0v) is 12.1. The van der Waals surface area contributed by atoms with E-state index >= 15 is 0 Å². The molecule has 0 aliphatic carbocycles. The molecule has 1 aromatic carbocycles. The van der Waals surface area contributed by atoms with Crippen molar-refractivity contribution in [3.8, 4) is 0 Å². The molecular formula is C12H17BrClNO. The zero-order chi connectivity index (χ0) is 12.3. The van der Waals surface area contributed by atoms with E-state index in [4.69, 9.17) is 11.6 Å². The van der Waals surface area contributed by atoms with Crippen molar-refractivity contribution in [2.75, 3.05) is 6.54 Å². The molecule has 0 fully saturated rings. The number of hydrogen-bond acceptors (Lipinski definition) is 2. The lowest BCUT2D eigenvalue weighted by Gasteiger charge is -2.23. The van der Waals surface area contributed by atoms with E-state index in [-0.39, 0.29) is 5.54 Å². The summed E-state index contributed by atoms with van der Waals surface area (Å²) in [4.78, 5) is 0. The van der Waals surface area contributed by atoms with Crippen LogP contribution in [0.2, 0.25) is 5.02 Å². The number of aliphatic hydroxyl groups excluding tert-OH is 1. The Morgan fingerprint density at radius 2 is 2.06 bits per heavy atom. The molecule has 1 rings (SSSR count). The number of halogens is 2. The summed E-state index contributed by atoms with van der Waals surface area (Å²) < 4.78 is 0.842. The van der Waals surface area contributed by atoms with Crippen molar-refractivity contribution in [1.82, 2.24) is 5.32 Å². The summed E-state index contributed by atoms with van der Waals surface area (Å²) in [5.74, 6) is 0. The normalized spacial score (nSPS) is 13.9. The Labute approximate surface area is 110 Å². The van der Waals surface area contributed by atoms with Crippen molar-refractivity contribution in [3.05, 3.63) is 33.3 Å². The van der Waals surface area contributed by atoms with Gasteiger partial charge in [0, 0.05) is 16.6 Å². The SMILES string of the molecule is CC(C)(C)NCC(O)c1ccc(Br)c(Cl)c1. The lowest BCUT2D eigenvalue weighted by molar-refractivity contribution is 0.163. The van der Waals surface area contributed by atoms with Crippen LogP contribution in [-0.4, -0.2) is 17.2 Å². The predicted molar refractivity (Wildman–Crippen MR) is 71.9 cm³/mol. The first-order valence-corrected chi connectivity index (χ1v) is 6.35. The van der Waals surface area contributed by atoms with E-state index in [0.717, 1.165) is 10.0 Å². The van der Waals surface area contributed by atoms with E-state index in [1.54, 1.807) is 6.07 Å². The molecule has 90 valence electrons. The van der Waals surface area contributed by atoms with Gasteiger partial charge in [-0.05, 0) is 54.4 Å². The molecule has 2 nitrogen and oxygen atoms in total. The third-order valence-electron chi connectivity index (χ3n) is 2.15. The lowest BCUT2D eigenvalue weighted by atomic mass is 10.1. The van der Waals surface area contributed by atoms with Crippen molar-refractivity contribution >= 4 is 27.5 Å². The molecule has 0 heterocycles. The third-order valence-corrected chi connectivity index (χ3v) is 3.39. The van der Waals surface area contributed by atoms with Crippen molar-refractivity contribution in [2.24, 2.45) is 0 Å². The molecule has 0 saturated carbocycles. The van der Waals surface area contributed by atoms with Crippen molar-refractivity contribution < 1.29 is 5.11 Å². The van der Waals surface area contributed by atoms with Crippen LogP contribution in [0, 0.1) is 0 Å². The first kappa shape index (κ1) is 14.0. The number of β-amino-alcohol motifs (C(OH)–C–C–N with tert-alkyl or cyclic N) is 1. The number of rotatable bonds is 3. The van der Waals surface area contributed by atoms with E-state index in [0.29, 0.717) is 11.6 Å². The van der Waals surface area contributed by atoms with Gasteiger partial charge in [0.15, 0.2) is 0 Å². The van der Waals surface area contributed by atoms with Crippen LogP contribution in [0.1, 0.15) is 32.4 Å². The number of benzene rings is 1. The fraction of sp³-hybridized carbons (Fsp3) is 0.500. The summed E-state index contributed by atoms with van der Waals surface area (Å²) in [7, 11) is 0. The maximum Gasteiger partial charge on any atom is 0.0915 e. The molecule has 1 unspecified atom stereocenters. The van der Waals surface area contributed by atoms with Gasteiger partial charge in [0.25, 0.3) is 0 Å². The second kappa shape index (κ2) is 5.50. The van der Waals surface area contributed by atoms with Gasteiger partial charge in [0.1, 0.15) is 0 Å². The fourth-order valence-corrected chi connectivity index (χ4v) is 1.68. The van der Waals surface area contributed by atoms with Crippen LogP contribution >= 0.6 is 27.5 Å². The van der Waals surface area contributed by atoms with Crippen LogP contribution < -0.4 is 5.32 Å². The maximum absolute atomic E-state index is 9.96. The van der Waals surface area contributed by atoms with Gasteiger partial charge < -0.3 is 10.4 Å². The summed E-state index contributed by atoms with van der Waals surface area (Å²) in [6.07, 6.45) is -0.537. The van der Waals surface area contributed by atoms with Gasteiger partial charge in [-0.3, -0.25) is 0 Å². The van der Waals surface area contributed by atoms with E-state index in [1.165, 1.54) is 0 Å². The van der Waals surface area contributed by atoms with E-state index in [2.05, 4.69) is 42.0 Å². The monoisotopic (exact) mass is 305 g/mol. The molecule has 0 bridgehead atoms. The Hall–Kier alpha value is -0.0900. The Bertz CT molecular complexity index is 363. The lowest BCUT2D eigenvalue weighted by Crippen LogP contribution is -2.38. The van der Waals surface area contributed by atoms with Crippen LogP contribution in [0.15, 0.2) is 22.7 Å². The second-order valence-electron chi connectivity index (χ2n) is 4.82. The molecule has 2 N–H and O–H groups in total. The average Bonchev–Trinajstić information content (AvgIpc) is 2.17. The van der Waals surface area contributed by atoms with Crippen LogP contribution in [0.3, 0.4) is 0 Å². The maximum atomic E-state index is 9.96. The third kappa shape index (κ3) is 4.42. The summed E-state index contributed by atoms with van der Waals surface area (Å²) in [6.45, 7) is 6.71. The van der Waals surface area contributed by atoms with E-state index < -0.39 is 6.10 Å². The Morgan fingerprint density at radius 3 is 2.56 bits per heavy atom. The Balaban J connectivity index is 2.66. The standard InChI is InChI=1S/C12H17BrClNO/c1-12(2,3)15-7-11(16)8-4-5-9(13)10(14)6-8/h4-6,11,15-16H,7H2,1-3H3. The van der Waals surface area contributed by atoms with Gasteiger partial charge in [-0.2, -0.15) is 0 Å². The Morgan fingerprint density at radius 1 is 1.44 bits per heavy atom. The highest BCUT2D eigenvalue weighted by molar-refractivity contribution is 9.10. The van der Waals surface area contributed by atoms with Gasteiger partial charge in [0.05, 0.1) is 11.1 Å². The smallest absolute Gasteiger partial charge is 0.0915 e. The molecule has 0 spiro atoms. The van der Waals surface area contributed by atoms with Crippen LogP contribution in [0.4, 0.5) is 0 Å². The van der Waals surface area contributed by atoms with Crippen LogP contribution in [0.25, 0.3) is 0 Å². The predicted octanol–water partition coefficient (Wildman–Crippen LogP) is 3.52. The molecule has 0 aliphatic rings. The van der Waals surface area contributed by atoms with Crippen LogP contribution in [0.5, 0.6) is 0 Å². The highest BCUT2D eigenvalue weighted by atomic mass is 79.9. The quantitative estimate of drug-likeness (QED) is 0.895. The molecule has 1 atom stereocenters. The second-order valence-corrected chi connectivity index (χ2v) is 6.08. The van der Waals surface area contributed by atoms with Gasteiger partial charge in [-0.1, -0.05) is 17.7 Å². The number of aliphatic hydroxyl groups is 1. The number of hydrogen-bond donors (Lipinski definition) is 2. The zero-order valence-electron chi connectivity index (χ0n) is 9.72. The average molecular weight is 307 g/mol. The minimum Gasteiger partial charge on any atom is -0.387 e. The topological polar surface area (TPSA) is 32.3 Å². The number of nitrogens with one attached hydrogen (secondary N) is 1. The molecule has 16 heavy (non-hydrogen) atoms. The first-order valence-electron chi connectivity index (χ1n) is 5.17. The van der Waals surface area contributed by atoms with E-state index in [9.17, 15) is 5.11 Å². The highest BCUT2D eigenvalue weighted by Gasteiger charge is 2.14.